The second kappa shape index (κ2) is 8.11. The maximum absolute atomic E-state index is 12.7. The number of nitrogens with one attached hydrogen (secondary N) is 1. The normalized spacial score (nSPS) is 10.3. The third kappa shape index (κ3) is 4.44. The number of benzene rings is 2. The molecule has 1 amide bonds. The van der Waals surface area contributed by atoms with E-state index < -0.39 is 0 Å². The summed E-state index contributed by atoms with van der Waals surface area (Å²) in [7, 11) is 1.77. The molecule has 1 heterocycles. The fourth-order valence-electron chi connectivity index (χ4n) is 2.61. The molecule has 0 bridgehead atoms. The summed E-state index contributed by atoms with van der Waals surface area (Å²) in [5.41, 5.74) is 3.55. The predicted octanol–water partition coefficient (Wildman–Crippen LogP) is 4.01. The van der Waals surface area contributed by atoms with Crippen LogP contribution in [0.5, 0.6) is 0 Å². The molecule has 2 aromatic carbocycles. The van der Waals surface area contributed by atoms with Gasteiger partial charge in [0.05, 0.1) is 11.3 Å². The van der Waals surface area contributed by atoms with Gasteiger partial charge in [-0.2, -0.15) is 0 Å². The van der Waals surface area contributed by atoms with Crippen LogP contribution in [0.15, 0.2) is 79.1 Å². The van der Waals surface area contributed by atoms with Gasteiger partial charge in [0.1, 0.15) is 0 Å². The molecule has 0 spiro atoms. The van der Waals surface area contributed by atoms with E-state index in [0.29, 0.717) is 5.56 Å². The molecule has 3 aromatic rings. The maximum atomic E-state index is 12.7. The Morgan fingerprint density at radius 2 is 1.68 bits per heavy atom. The third-order valence-electron chi connectivity index (χ3n) is 4.02. The Hall–Kier alpha value is -3.14. The van der Waals surface area contributed by atoms with Crippen LogP contribution >= 0.6 is 0 Å². The highest BCUT2D eigenvalue weighted by molar-refractivity contribution is 6.05. The first-order valence-electron chi connectivity index (χ1n) is 8.30. The number of hydrogen-bond acceptors (Lipinski definition) is 3. The maximum Gasteiger partial charge on any atom is 0.259 e. The van der Waals surface area contributed by atoms with Crippen molar-refractivity contribution in [3.63, 3.8) is 0 Å². The van der Waals surface area contributed by atoms with Crippen molar-refractivity contribution in [3.05, 3.63) is 90.3 Å². The minimum Gasteiger partial charge on any atom is -0.383 e. The first kappa shape index (κ1) is 16.7. The summed E-state index contributed by atoms with van der Waals surface area (Å²) in [6, 6.07) is 21.7. The van der Waals surface area contributed by atoms with Gasteiger partial charge >= 0.3 is 0 Å². The van der Waals surface area contributed by atoms with Crippen molar-refractivity contribution in [1.29, 1.82) is 0 Å². The van der Waals surface area contributed by atoms with E-state index >= 15 is 0 Å². The average molecular weight is 331 g/mol. The minimum atomic E-state index is -0.0783. The minimum absolute atomic E-state index is 0.0783. The van der Waals surface area contributed by atoms with Gasteiger partial charge in [0.15, 0.2) is 0 Å². The van der Waals surface area contributed by atoms with Crippen molar-refractivity contribution in [1.82, 2.24) is 4.98 Å². The Bertz CT molecular complexity index is 819. The topological polar surface area (TPSA) is 45.2 Å². The van der Waals surface area contributed by atoms with Crippen molar-refractivity contribution in [2.24, 2.45) is 0 Å². The monoisotopic (exact) mass is 331 g/mol. The van der Waals surface area contributed by atoms with E-state index in [1.54, 1.807) is 24.3 Å². The lowest BCUT2D eigenvalue weighted by atomic mass is 10.1. The number of pyridine rings is 1. The highest BCUT2D eigenvalue weighted by Crippen LogP contribution is 2.16. The first-order chi connectivity index (χ1) is 12.2. The van der Waals surface area contributed by atoms with Crippen LogP contribution in [0.2, 0.25) is 0 Å². The molecule has 1 N–H and O–H groups in total. The zero-order valence-electron chi connectivity index (χ0n) is 14.2. The van der Waals surface area contributed by atoms with E-state index in [9.17, 15) is 4.79 Å². The van der Waals surface area contributed by atoms with E-state index in [1.165, 1.54) is 5.56 Å². The van der Waals surface area contributed by atoms with Crippen molar-refractivity contribution < 1.29 is 4.79 Å². The Labute approximate surface area is 148 Å². The molecule has 0 unspecified atom stereocenters. The van der Waals surface area contributed by atoms with Crippen molar-refractivity contribution in [2.45, 2.75) is 6.42 Å². The van der Waals surface area contributed by atoms with Gasteiger partial charge in [-0.3, -0.25) is 9.78 Å². The third-order valence-corrected chi connectivity index (χ3v) is 4.02. The van der Waals surface area contributed by atoms with Gasteiger partial charge in [-0.05, 0) is 30.2 Å². The molecule has 0 saturated heterocycles. The van der Waals surface area contributed by atoms with Crippen LogP contribution in [0.3, 0.4) is 0 Å². The summed E-state index contributed by atoms with van der Waals surface area (Å²) in [4.78, 5) is 18.5. The molecule has 0 saturated carbocycles. The lowest BCUT2D eigenvalue weighted by Crippen LogP contribution is -2.26. The number of amides is 1. The van der Waals surface area contributed by atoms with E-state index in [1.807, 2.05) is 54.6 Å². The molecule has 1 aromatic heterocycles. The second-order valence-electron chi connectivity index (χ2n) is 5.82. The molecule has 0 atom stereocenters. The molecule has 0 radical (unpaired) electrons. The number of anilines is 2. The number of rotatable bonds is 6. The standard InChI is InChI=1S/C21H21N3O/c1-24(20-10-6-3-7-11-20)21(25)18-14-19(16-22-15-18)23-13-12-17-8-4-2-5-9-17/h2-11,14-16,23H,12-13H2,1H3. The van der Waals surface area contributed by atoms with Crippen LogP contribution in [0, 0.1) is 0 Å². The van der Waals surface area contributed by atoms with E-state index in [-0.39, 0.29) is 5.91 Å². The number of hydrogen-bond donors (Lipinski definition) is 1. The van der Waals surface area contributed by atoms with Gasteiger partial charge < -0.3 is 10.2 Å². The Morgan fingerprint density at radius 1 is 1.00 bits per heavy atom. The summed E-state index contributed by atoms with van der Waals surface area (Å²) in [6.45, 7) is 0.790. The van der Waals surface area contributed by atoms with Gasteiger partial charge in [0, 0.05) is 31.7 Å². The van der Waals surface area contributed by atoms with Gasteiger partial charge in [-0.25, -0.2) is 0 Å². The average Bonchev–Trinajstić information content (AvgIpc) is 2.68. The van der Waals surface area contributed by atoms with Crippen molar-refractivity contribution >= 4 is 17.3 Å². The van der Waals surface area contributed by atoms with Crippen molar-refractivity contribution in [3.8, 4) is 0 Å². The number of carbonyl (C=O) groups excluding carboxylic acids is 1. The summed E-state index contributed by atoms with van der Waals surface area (Å²) < 4.78 is 0. The summed E-state index contributed by atoms with van der Waals surface area (Å²) in [6.07, 6.45) is 4.26. The van der Waals surface area contributed by atoms with Gasteiger partial charge in [0.25, 0.3) is 5.91 Å². The number of nitrogens with zero attached hydrogens (tertiary/aromatic N) is 2. The van der Waals surface area contributed by atoms with Crippen LogP contribution in [-0.4, -0.2) is 24.5 Å². The predicted molar refractivity (Wildman–Crippen MR) is 102 cm³/mol. The van der Waals surface area contributed by atoms with Crippen LogP contribution in [0.4, 0.5) is 11.4 Å². The molecule has 0 aliphatic rings. The molecule has 3 rings (SSSR count). The molecule has 25 heavy (non-hydrogen) atoms. The molecule has 4 nitrogen and oxygen atoms in total. The number of carbonyl (C=O) groups is 1. The highest BCUT2D eigenvalue weighted by Gasteiger charge is 2.14. The SMILES string of the molecule is CN(C(=O)c1cncc(NCCc2ccccc2)c1)c1ccccc1. The van der Waals surface area contributed by atoms with E-state index in [2.05, 4.69) is 22.4 Å². The van der Waals surface area contributed by atoms with Crippen LogP contribution in [0.1, 0.15) is 15.9 Å². The van der Waals surface area contributed by atoms with Gasteiger partial charge in [0.2, 0.25) is 0 Å². The first-order valence-corrected chi connectivity index (χ1v) is 8.30. The zero-order chi connectivity index (χ0) is 17.5. The molecule has 126 valence electrons. The number of aromatic nitrogens is 1. The molecule has 0 aliphatic carbocycles. The Balaban J connectivity index is 1.63. The summed E-state index contributed by atoms with van der Waals surface area (Å²) >= 11 is 0. The lowest BCUT2D eigenvalue weighted by Gasteiger charge is -2.17. The number of para-hydroxylation sites is 1. The Kier molecular flexibility index (Phi) is 5.42. The lowest BCUT2D eigenvalue weighted by molar-refractivity contribution is 0.0992. The zero-order valence-corrected chi connectivity index (χ0v) is 14.2. The summed E-state index contributed by atoms with van der Waals surface area (Å²) in [5, 5.41) is 3.33. The molecular formula is C21H21N3O. The van der Waals surface area contributed by atoms with E-state index in [4.69, 9.17) is 0 Å². The van der Waals surface area contributed by atoms with Crippen molar-refractivity contribution in [2.75, 3.05) is 23.8 Å². The molecule has 0 aliphatic heterocycles. The quantitative estimate of drug-likeness (QED) is 0.742. The largest absolute Gasteiger partial charge is 0.383 e. The van der Waals surface area contributed by atoms with Crippen LogP contribution < -0.4 is 10.2 Å². The van der Waals surface area contributed by atoms with Crippen LogP contribution in [-0.2, 0) is 6.42 Å². The van der Waals surface area contributed by atoms with Gasteiger partial charge in [-0.1, -0.05) is 48.5 Å². The highest BCUT2D eigenvalue weighted by atomic mass is 16.2. The fourth-order valence-corrected chi connectivity index (χ4v) is 2.61. The summed E-state index contributed by atoms with van der Waals surface area (Å²) in [5.74, 6) is -0.0783. The Morgan fingerprint density at radius 3 is 2.40 bits per heavy atom. The van der Waals surface area contributed by atoms with Crippen LogP contribution in [0.25, 0.3) is 0 Å². The smallest absolute Gasteiger partial charge is 0.259 e. The second-order valence-corrected chi connectivity index (χ2v) is 5.82. The molecule has 0 fully saturated rings. The molecular weight excluding hydrogens is 310 g/mol. The van der Waals surface area contributed by atoms with Gasteiger partial charge in [-0.15, -0.1) is 0 Å². The fraction of sp³-hybridized carbons (Fsp3) is 0.143. The molecule has 4 heteroatoms. The van der Waals surface area contributed by atoms with E-state index in [0.717, 1.165) is 24.3 Å².